The molecule has 2 N–H and O–H groups in total. The van der Waals surface area contributed by atoms with Crippen LogP contribution in [0.4, 0.5) is 0 Å². The lowest BCUT2D eigenvalue weighted by Gasteiger charge is -2.12. The Morgan fingerprint density at radius 2 is 1.96 bits per heavy atom. The maximum absolute atomic E-state index is 11.9. The van der Waals surface area contributed by atoms with Gasteiger partial charge in [-0.1, -0.05) is 36.4 Å². The largest absolute Gasteiger partial charge is 0.507 e. The summed E-state index contributed by atoms with van der Waals surface area (Å²) in [5.74, 6) is 0.321. The van der Waals surface area contributed by atoms with Crippen molar-refractivity contribution in [2.45, 2.75) is 13.5 Å². The smallest absolute Gasteiger partial charge is 0.254 e. The molecule has 7 heteroatoms. The molecule has 0 amide bonds. The number of pyridine rings is 1. The molecule has 2 heterocycles. The fourth-order valence-electron chi connectivity index (χ4n) is 3.09. The van der Waals surface area contributed by atoms with Crippen LogP contribution >= 0.6 is 12.2 Å². The zero-order chi connectivity index (χ0) is 18.3. The second-order valence-electron chi connectivity index (χ2n) is 5.88. The summed E-state index contributed by atoms with van der Waals surface area (Å²) in [6, 6.07) is 15.1. The fraction of sp³-hybridized carbons (Fsp3) is 0.105. The van der Waals surface area contributed by atoms with Crippen molar-refractivity contribution < 1.29 is 5.11 Å². The summed E-state index contributed by atoms with van der Waals surface area (Å²) in [5, 5.41) is 19.5. The number of aromatic amines is 1. The fourth-order valence-corrected chi connectivity index (χ4v) is 3.32. The zero-order valence-corrected chi connectivity index (χ0v) is 14.8. The van der Waals surface area contributed by atoms with Gasteiger partial charge in [0.1, 0.15) is 5.75 Å². The summed E-state index contributed by atoms with van der Waals surface area (Å²) in [6.07, 6.45) is 1.60. The predicted octanol–water partition coefficient (Wildman–Crippen LogP) is 3.64. The first kappa shape index (κ1) is 16.3. The van der Waals surface area contributed by atoms with Crippen molar-refractivity contribution in [2.24, 2.45) is 0 Å². The van der Waals surface area contributed by atoms with Crippen LogP contribution in [0.2, 0.25) is 0 Å². The number of nitrogens with one attached hydrogen (secondary N) is 1. The van der Waals surface area contributed by atoms with Gasteiger partial charge in [0.25, 0.3) is 5.56 Å². The van der Waals surface area contributed by atoms with E-state index in [1.807, 2.05) is 49.4 Å². The molecule has 4 rings (SSSR count). The van der Waals surface area contributed by atoms with Gasteiger partial charge in [0.2, 0.25) is 0 Å². The first-order chi connectivity index (χ1) is 12.6. The molecule has 0 radical (unpaired) electrons. The molecule has 0 atom stereocenters. The lowest BCUT2D eigenvalue weighted by molar-refractivity contribution is 0.472. The molecule has 26 heavy (non-hydrogen) atoms. The van der Waals surface area contributed by atoms with Gasteiger partial charge in [0, 0.05) is 24.2 Å². The average Bonchev–Trinajstić information content (AvgIpc) is 3.02. The van der Waals surface area contributed by atoms with Crippen molar-refractivity contribution in [3.05, 3.63) is 69.9 Å². The van der Waals surface area contributed by atoms with Crippen molar-refractivity contribution in [3.8, 4) is 22.8 Å². The van der Waals surface area contributed by atoms with E-state index >= 15 is 0 Å². The average molecular weight is 364 g/mol. The minimum Gasteiger partial charge on any atom is -0.507 e. The molecule has 4 aromatic rings. The topological polar surface area (TPSA) is 75.8 Å². The highest BCUT2D eigenvalue weighted by Crippen LogP contribution is 2.30. The summed E-state index contributed by atoms with van der Waals surface area (Å²) < 4.78 is 3.70. The van der Waals surface area contributed by atoms with E-state index in [1.54, 1.807) is 10.8 Å². The van der Waals surface area contributed by atoms with Crippen LogP contribution in [-0.4, -0.2) is 24.4 Å². The van der Waals surface area contributed by atoms with E-state index in [2.05, 4.69) is 10.2 Å². The molecular weight excluding hydrogens is 348 g/mol. The molecule has 0 aliphatic heterocycles. The normalized spacial score (nSPS) is 11.1. The zero-order valence-electron chi connectivity index (χ0n) is 14.0. The first-order valence-electron chi connectivity index (χ1n) is 8.19. The van der Waals surface area contributed by atoms with Crippen molar-refractivity contribution in [1.29, 1.82) is 0 Å². The van der Waals surface area contributed by atoms with Gasteiger partial charge in [-0.2, -0.15) is 5.10 Å². The molecule has 2 aromatic heterocycles. The number of rotatable bonds is 3. The van der Waals surface area contributed by atoms with Crippen LogP contribution < -0.4 is 5.56 Å². The first-order valence-corrected chi connectivity index (χ1v) is 8.60. The molecule has 0 saturated carbocycles. The van der Waals surface area contributed by atoms with Crippen LogP contribution in [-0.2, 0) is 6.54 Å². The van der Waals surface area contributed by atoms with Crippen LogP contribution in [0.15, 0.2) is 59.5 Å². The van der Waals surface area contributed by atoms with E-state index in [9.17, 15) is 9.90 Å². The third-order valence-electron chi connectivity index (χ3n) is 4.37. The van der Waals surface area contributed by atoms with E-state index in [1.165, 1.54) is 10.6 Å². The molecule has 0 unspecified atom stereocenters. The van der Waals surface area contributed by atoms with Crippen LogP contribution in [0.5, 0.6) is 5.75 Å². The number of aromatic hydroxyl groups is 1. The lowest BCUT2D eigenvalue weighted by atomic mass is 10.1. The molecule has 0 aliphatic rings. The van der Waals surface area contributed by atoms with Gasteiger partial charge in [0.15, 0.2) is 10.6 Å². The van der Waals surface area contributed by atoms with Gasteiger partial charge in [-0.3, -0.25) is 14.5 Å². The standard InChI is InChI=1S/C19H16N4O2S/c1-2-22-11-14(16(24)10-17(22)25)18-20-21-19(26)23(18)15-9-5-7-12-6-3-4-8-13(12)15/h3-11,24H,2H2,1H3,(H,21,26). The highest BCUT2D eigenvalue weighted by atomic mass is 32.1. The van der Waals surface area contributed by atoms with E-state index < -0.39 is 0 Å². The SMILES string of the molecule is CCn1cc(-c2n[nH]c(=S)n2-c2cccc3ccccc23)c(O)cc1=O. The van der Waals surface area contributed by atoms with Gasteiger partial charge in [-0.15, -0.1) is 0 Å². The van der Waals surface area contributed by atoms with E-state index in [-0.39, 0.29) is 11.3 Å². The Kier molecular flexibility index (Phi) is 3.93. The Bertz CT molecular complexity index is 1230. The Hall–Kier alpha value is -3.19. The molecule has 0 bridgehead atoms. The monoisotopic (exact) mass is 364 g/mol. The number of aryl methyl sites for hydroxylation is 1. The van der Waals surface area contributed by atoms with Crippen molar-refractivity contribution in [2.75, 3.05) is 0 Å². The van der Waals surface area contributed by atoms with Gasteiger partial charge in [-0.05, 0) is 30.6 Å². The van der Waals surface area contributed by atoms with E-state index in [4.69, 9.17) is 12.2 Å². The Labute approximate surface area is 154 Å². The predicted molar refractivity (Wildman–Crippen MR) is 103 cm³/mol. The number of aromatic nitrogens is 4. The minimum absolute atomic E-state index is 0.129. The van der Waals surface area contributed by atoms with Crippen molar-refractivity contribution in [3.63, 3.8) is 0 Å². The Balaban J connectivity index is 2.04. The third kappa shape index (κ3) is 2.53. The number of benzene rings is 2. The number of fused-ring (bicyclic) bond motifs is 1. The summed E-state index contributed by atoms with van der Waals surface area (Å²) in [5.41, 5.74) is 1.02. The van der Waals surface area contributed by atoms with Gasteiger partial charge in [0.05, 0.1) is 11.3 Å². The van der Waals surface area contributed by atoms with E-state index in [0.717, 1.165) is 16.5 Å². The molecular formula is C19H16N4O2S. The quantitative estimate of drug-likeness (QED) is 0.544. The van der Waals surface area contributed by atoms with Crippen LogP contribution in [0, 0.1) is 4.77 Å². The number of H-pyrrole nitrogens is 1. The Morgan fingerprint density at radius 1 is 1.19 bits per heavy atom. The molecule has 0 fully saturated rings. The molecule has 6 nitrogen and oxygen atoms in total. The molecule has 2 aromatic carbocycles. The third-order valence-corrected chi connectivity index (χ3v) is 4.64. The van der Waals surface area contributed by atoms with Gasteiger partial charge >= 0.3 is 0 Å². The summed E-state index contributed by atoms with van der Waals surface area (Å²) in [4.78, 5) is 11.9. The maximum Gasteiger partial charge on any atom is 0.254 e. The molecule has 0 spiro atoms. The van der Waals surface area contributed by atoms with Crippen molar-refractivity contribution >= 4 is 23.0 Å². The lowest BCUT2D eigenvalue weighted by Crippen LogP contribution is -2.17. The molecule has 0 aliphatic carbocycles. The molecule has 130 valence electrons. The van der Waals surface area contributed by atoms with E-state index in [0.29, 0.717) is 22.7 Å². The highest BCUT2D eigenvalue weighted by Gasteiger charge is 2.17. The van der Waals surface area contributed by atoms with Crippen molar-refractivity contribution in [1.82, 2.24) is 19.3 Å². The second kappa shape index (κ2) is 6.27. The number of nitrogens with zero attached hydrogens (tertiary/aromatic N) is 3. The number of hydrogen-bond acceptors (Lipinski definition) is 4. The van der Waals surface area contributed by atoms with Crippen LogP contribution in [0.25, 0.3) is 27.8 Å². The van der Waals surface area contributed by atoms with Gasteiger partial charge in [-0.25, -0.2) is 0 Å². The maximum atomic E-state index is 11.9. The highest BCUT2D eigenvalue weighted by molar-refractivity contribution is 7.71. The summed E-state index contributed by atoms with van der Waals surface area (Å²) in [7, 11) is 0. The minimum atomic E-state index is -0.264. The summed E-state index contributed by atoms with van der Waals surface area (Å²) >= 11 is 5.44. The van der Waals surface area contributed by atoms with Crippen LogP contribution in [0.3, 0.4) is 0 Å². The molecule has 0 saturated heterocycles. The van der Waals surface area contributed by atoms with Crippen LogP contribution in [0.1, 0.15) is 6.92 Å². The van der Waals surface area contributed by atoms with Gasteiger partial charge < -0.3 is 9.67 Å². The Morgan fingerprint density at radius 3 is 2.77 bits per heavy atom. The number of hydrogen-bond donors (Lipinski definition) is 2. The second-order valence-corrected chi connectivity index (χ2v) is 6.27. The summed E-state index contributed by atoms with van der Waals surface area (Å²) in [6.45, 7) is 2.36.